The van der Waals surface area contributed by atoms with Crippen molar-refractivity contribution in [2.24, 2.45) is 0 Å². The molecule has 1 fully saturated rings. The highest BCUT2D eigenvalue weighted by Crippen LogP contribution is 2.15. The van der Waals surface area contributed by atoms with Crippen molar-refractivity contribution in [1.29, 1.82) is 0 Å². The number of rotatable bonds is 7. The van der Waals surface area contributed by atoms with E-state index < -0.39 is 0 Å². The predicted molar refractivity (Wildman–Crippen MR) is 106 cm³/mol. The average Bonchev–Trinajstić information content (AvgIpc) is 2.68. The molecule has 0 N–H and O–H groups in total. The monoisotopic (exact) mass is 360 g/mol. The number of nitrogens with zero attached hydrogens (tertiary/aromatic N) is 4. The van der Waals surface area contributed by atoms with Gasteiger partial charge in [-0.2, -0.15) is 0 Å². The smallest absolute Gasteiger partial charge is 0.253 e. The zero-order valence-electron chi connectivity index (χ0n) is 16.6. The van der Waals surface area contributed by atoms with E-state index in [1.165, 1.54) is 0 Å². The van der Waals surface area contributed by atoms with Crippen LogP contribution in [-0.2, 0) is 4.79 Å². The van der Waals surface area contributed by atoms with Gasteiger partial charge in [0.2, 0.25) is 5.91 Å². The van der Waals surface area contributed by atoms with E-state index in [9.17, 15) is 9.59 Å². The van der Waals surface area contributed by atoms with Crippen LogP contribution >= 0.6 is 0 Å². The quantitative estimate of drug-likeness (QED) is 0.744. The molecule has 0 aromatic heterocycles. The highest BCUT2D eigenvalue weighted by Gasteiger charge is 2.24. The first kappa shape index (κ1) is 20.2. The number of carbonyl (C=O) groups excluding carboxylic acids is 2. The third-order valence-corrected chi connectivity index (χ3v) is 5.09. The van der Waals surface area contributed by atoms with E-state index in [1.807, 2.05) is 53.1 Å². The second-order valence-corrected chi connectivity index (χ2v) is 6.89. The largest absolute Gasteiger partial charge is 0.378 e. The number of anilines is 1. The first-order chi connectivity index (χ1) is 12.5. The minimum atomic E-state index is 0.0468. The second kappa shape index (κ2) is 9.57. The van der Waals surface area contributed by atoms with Gasteiger partial charge in [0.15, 0.2) is 0 Å². The fourth-order valence-corrected chi connectivity index (χ4v) is 3.20. The van der Waals surface area contributed by atoms with Crippen LogP contribution in [0.4, 0.5) is 5.69 Å². The van der Waals surface area contributed by atoms with Crippen molar-refractivity contribution in [1.82, 2.24) is 14.7 Å². The highest BCUT2D eigenvalue weighted by atomic mass is 16.2. The minimum Gasteiger partial charge on any atom is -0.378 e. The molecule has 1 aliphatic heterocycles. The molecule has 0 radical (unpaired) electrons. The molecule has 0 spiro atoms. The van der Waals surface area contributed by atoms with Gasteiger partial charge in [0.1, 0.15) is 0 Å². The maximum Gasteiger partial charge on any atom is 0.253 e. The number of piperazine rings is 1. The molecule has 1 saturated heterocycles. The molecule has 1 aliphatic rings. The van der Waals surface area contributed by atoms with E-state index in [0.29, 0.717) is 38.2 Å². The Balaban J connectivity index is 1.83. The molecule has 6 heteroatoms. The SMILES string of the molecule is CCN(CC)CCC(=O)N1CCN(C(=O)c2ccc(N(C)C)cc2)CC1. The van der Waals surface area contributed by atoms with Gasteiger partial charge in [-0.25, -0.2) is 0 Å². The summed E-state index contributed by atoms with van der Waals surface area (Å²) in [5, 5.41) is 0. The molecular formula is C20H32N4O2. The number of amides is 2. The van der Waals surface area contributed by atoms with E-state index in [-0.39, 0.29) is 11.8 Å². The Morgan fingerprint density at radius 3 is 1.96 bits per heavy atom. The molecule has 1 heterocycles. The molecule has 0 unspecified atom stereocenters. The summed E-state index contributed by atoms with van der Waals surface area (Å²) in [7, 11) is 3.96. The van der Waals surface area contributed by atoms with Crippen LogP contribution in [-0.4, -0.2) is 86.4 Å². The predicted octanol–water partition coefficient (Wildman–Crippen LogP) is 1.77. The van der Waals surface area contributed by atoms with Crippen LogP contribution in [0.1, 0.15) is 30.6 Å². The molecule has 0 saturated carbocycles. The molecule has 144 valence electrons. The van der Waals surface area contributed by atoms with Crippen molar-refractivity contribution in [3.05, 3.63) is 29.8 Å². The molecule has 0 atom stereocenters. The lowest BCUT2D eigenvalue weighted by molar-refractivity contribution is -0.133. The van der Waals surface area contributed by atoms with Gasteiger partial charge < -0.3 is 19.6 Å². The lowest BCUT2D eigenvalue weighted by atomic mass is 10.1. The topological polar surface area (TPSA) is 47.1 Å². The summed E-state index contributed by atoms with van der Waals surface area (Å²) in [6.07, 6.45) is 0.557. The Kier molecular flexibility index (Phi) is 7.45. The Morgan fingerprint density at radius 1 is 0.923 bits per heavy atom. The molecule has 2 amide bonds. The first-order valence-corrected chi connectivity index (χ1v) is 9.53. The standard InChI is InChI=1S/C20H32N4O2/c1-5-22(6-2)12-11-19(25)23-13-15-24(16-14-23)20(26)17-7-9-18(10-8-17)21(3)4/h7-10H,5-6,11-16H2,1-4H3. The van der Waals surface area contributed by atoms with E-state index >= 15 is 0 Å². The van der Waals surface area contributed by atoms with Crippen molar-refractivity contribution in [2.75, 3.05) is 64.8 Å². The van der Waals surface area contributed by atoms with Crippen molar-refractivity contribution < 1.29 is 9.59 Å². The molecular weight excluding hydrogens is 328 g/mol. The van der Waals surface area contributed by atoms with E-state index in [4.69, 9.17) is 0 Å². The van der Waals surface area contributed by atoms with Crippen molar-refractivity contribution in [3.8, 4) is 0 Å². The normalized spacial score (nSPS) is 14.7. The highest BCUT2D eigenvalue weighted by molar-refractivity contribution is 5.94. The van der Waals surface area contributed by atoms with E-state index in [0.717, 1.165) is 25.3 Å². The summed E-state index contributed by atoms with van der Waals surface area (Å²) in [5.74, 6) is 0.241. The fraction of sp³-hybridized carbons (Fsp3) is 0.600. The third-order valence-electron chi connectivity index (χ3n) is 5.09. The summed E-state index contributed by atoms with van der Waals surface area (Å²) in [5.41, 5.74) is 1.78. The van der Waals surface area contributed by atoms with Gasteiger partial charge in [0, 0.05) is 64.5 Å². The molecule has 2 rings (SSSR count). The van der Waals surface area contributed by atoms with Gasteiger partial charge in [-0.1, -0.05) is 13.8 Å². The third kappa shape index (κ3) is 5.21. The summed E-state index contributed by atoms with van der Waals surface area (Å²) in [4.78, 5) is 33.0. The zero-order chi connectivity index (χ0) is 19.1. The lowest BCUT2D eigenvalue weighted by Gasteiger charge is -2.35. The maximum absolute atomic E-state index is 12.7. The molecule has 1 aromatic rings. The van der Waals surface area contributed by atoms with Crippen molar-refractivity contribution in [3.63, 3.8) is 0 Å². The Bertz CT molecular complexity index is 588. The van der Waals surface area contributed by atoms with Gasteiger partial charge in [-0.05, 0) is 37.4 Å². The fourth-order valence-electron chi connectivity index (χ4n) is 3.20. The van der Waals surface area contributed by atoms with Gasteiger partial charge in [-0.3, -0.25) is 9.59 Å². The van der Waals surface area contributed by atoms with Gasteiger partial charge in [-0.15, -0.1) is 0 Å². The van der Waals surface area contributed by atoms with E-state index in [1.54, 1.807) is 0 Å². The number of carbonyl (C=O) groups is 2. The van der Waals surface area contributed by atoms with Gasteiger partial charge in [0.25, 0.3) is 5.91 Å². The van der Waals surface area contributed by atoms with Crippen LogP contribution in [0.25, 0.3) is 0 Å². The molecule has 6 nitrogen and oxygen atoms in total. The van der Waals surface area contributed by atoms with Crippen LogP contribution in [0.2, 0.25) is 0 Å². The van der Waals surface area contributed by atoms with Crippen LogP contribution in [0, 0.1) is 0 Å². The van der Waals surface area contributed by atoms with Crippen LogP contribution in [0.3, 0.4) is 0 Å². The first-order valence-electron chi connectivity index (χ1n) is 9.53. The lowest BCUT2D eigenvalue weighted by Crippen LogP contribution is -2.51. The van der Waals surface area contributed by atoms with Crippen LogP contribution < -0.4 is 4.90 Å². The Morgan fingerprint density at radius 2 is 1.46 bits per heavy atom. The maximum atomic E-state index is 12.7. The average molecular weight is 361 g/mol. The Labute approximate surface area is 157 Å². The van der Waals surface area contributed by atoms with Crippen molar-refractivity contribution in [2.45, 2.75) is 20.3 Å². The zero-order valence-corrected chi connectivity index (χ0v) is 16.6. The number of benzene rings is 1. The molecule has 0 bridgehead atoms. The summed E-state index contributed by atoms with van der Waals surface area (Å²) in [6, 6.07) is 7.67. The second-order valence-electron chi connectivity index (χ2n) is 6.89. The number of hydrogen-bond donors (Lipinski definition) is 0. The number of hydrogen-bond acceptors (Lipinski definition) is 4. The van der Waals surface area contributed by atoms with E-state index in [2.05, 4.69) is 18.7 Å². The summed E-state index contributed by atoms with van der Waals surface area (Å²) < 4.78 is 0. The molecule has 26 heavy (non-hydrogen) atoms. The summed E-state index contributed by atoms with van der Waals surface area (Å²) in [6.45, 7) is 9.43. The van der Waals surface area contributed by atoms with Gasteiger partial charge >= 0.3 is 0 Å². The molecule has 1 aromatic carbocycles. The minimum absolute atomic E-state index is 0.0468. The summed E-state index contributed by atoms with van der Waals surface area (Å²) >= 11 is 0. The van der Waals surface area contributed by atoms with Crippen LogP contribution in [0.15, 0.2) is 24.3 Å². The molecule has 0 aliphatic carbocycles. The van der Waals surface area contributed by atoms with Crippen molar-refractivity contribution >= 4 is 17.5 Å². The van der Waals surface area contributed by atoms with Gasteiger partial charge in [0.05, 0.1) is 0 Å². The Hall–Kier alpha value is -2.08. The van der Waals surface area contributed by atoms with Crippen LogP contribution in [0.5, 0.6) is 0 Å².